The molecule has 172 valence electrons. The van der Waals surface area contributed by atoms with Gasteiger partial charge in [0.1, 0.15) is 5.82 Å². The van der Waals surface area contributed by atoms with E-state index in [0.29, 0.717) is 26.2 Å². The van der Waals surface area contributed by atoms with Crippen LogP contribution in [0.15, 0.2) is 48.5 Å². The summed E-state index contributed by atoms with van der Waals surface area (Å²) in [6.45, 7) is 3.12. The molecule has 2 aromatic carbocycles. The van der Waals surface area contributed by atoms with Crippen LogP contribution in [0, 0.1) is 5.82 Å². The second-order valence-corrected chi connectivity index (χ2v) is 7.58. The highest BCUT2D eigenvalue weighted by Crippen LogP contribution is 2.29. The smallest absolute Gasteiger partial charge is 0.305 e. The van der Waals surface area contributed by atoms with Crippen LogP contribution in [-0.2, 0) is 17.5 Å². The Morgan fingerprint density at radius 2 is 1.56 bits per heavy atom. The van der Waals surface area contributed by atoms with Gasteiger partial charge in [0.2, 0.25) is 5.91 Å². The van der Waals surface area contributed by atoms with Gasteiger partial charge in [0, 0.05) is 19.6 Å². The number of amides is 3. The van der Waals surface area contributed by atoms with E-state index in [-0.39, 0.29) is 12.2 Å². The molecule has 0 spiro atoms. The molecule has 1 aliphatic rings. The molecule has 1 aliphatic heterocycles. The van der Waals surface area contributed by atoms with Gasteiger partial charge in [0.05, 0.1) is 17.8 Å². The van der Waals surface area contributed by atoms with Crippen molar-refractivity contribution < 1.29 is 27.2 Å². The molecular formula is C22H24F4N4O2. The zero-order chi connectivity index (χ0) is 23.1. The molecule has 10 heteroatoms. The fourth-order valence-corrected chi connectivity index (χ4v) is 3.48. The summed E-state index contributed by atoms with van der Waals surface area (Å²) in [5, 5.41) is 4.48. The minimum atomic E-state index is -4.35. The van der Waals surface area contributed by atoms with Crippen LogP contribution in [0.1, 0.15) is 17.5 Å². The van der Waals surface area contributed by atoms with Gasteiger partial charge in [-0.2, -0.15) is 13.2 Å². The van der Waals surface area contributed by atoms with Crippen molar-refractivity contribution in [2.45, 2.75) is 19.1 Å². The lowest BCUT2D eigenvalue weighted by Gasteiger charge is -2.21. The van der Waals surface area contributed by atoms with Crippen molar-refractivity contribution in [3.63, 3.8) is 0 Å². The van der Waals surface area contributed by atoms with E-state index in [9.17, 15) is 27.2 Å². The summed E-state index contributed by atoms with van der Waals surface area (Å²) in [7, 11) is 0. The van der Waals surface area contributed by atoms with Crippen molar-refractivity contribution in [1.82, 2.24) is 15.1 Å². The number of hydrogen-bond acceptors (Lipinski definition) is 4. The van der Waals surface area contributed by atoms with Crippen LogP contribution in [-0.4, -0.2) is 54.5 Å². The van der Waals surface area contributed by atoms with Gasteiger partial charge in [-0.05, 0) is 49.3 Å². The molecular weight excluding hydrogens is 428 g/mol. The maximum atomic E-state index is 13.6. The van der Waals surface area contributed by atoms with E-state index in [2.05, 4.69) is 15.5 Å². The second kappa shape index (κ2) is 10.6. The fraction of sp³-hybridized carbons (Fsp3) is 0.364. The molecule has 1 heterocycles. The van der Waals surface area contributed by atoms with E-state index >= 15 is 0 Å². The summed E-state index contributed by atoms with van der Waals surface area (Å²) < 4.78 is 51.7. The minimum absolute atomic E-state index is 0.0127. The maximum Gasteiger partial charge on any atom is 0.416 e. The van der Waals surface area contributed by atoms with Crippen LogP contribution >= 0.6 is 0 Å². The molecule has 0 aromatic heterocycles. The van der Waals surface area contributed by atoms with E-state index in [1.807, 2.05) is 4.90 Å². The molecule has 0 atom stereocenters. The molecule has 3 amide bonds. The molecule has 0 unspecified atom stereocenters. The van der Waals surface area contributed by atoms with Gasteiger partial charge in [-0.1, -0.05) is 24.3 Å². The van der Waals surface area contributed by atoms with Crippen LogP contribution < -0.4 is 10.6 Å². The highest BCUT2D eigenvalue weighted by Gasteiger charge is 2.30. The molecule has 2 N–H and O–H groups in total. The number of nitrogens with one attached hydrogen (secondary N) is 2. The predicted octanol–water partition coefficient (Wildman–Crippen LogP) is 3.70. The summed E-state index contributed by atoms with van der Waals surface area (Å²) >= 11 is 0. The Bertz CT molecular complexity index is 934. The first-order valence-electron chi connectivity index (χ1n) is 10.2. The number of benzene rings is 2. The topological polar surface area (TPSA) is 64.7 Å². The zero-order valence-corrected chi connectivity index (χ0v) is 17.3. The number of carbonyl (C=O) groups is 2. The van der Waals surface area contributed by atoms with E-state index < -0.39 is 29.5 Å². The lowest BCUT2D eigenvalue weighted by molar-refractivity contribution is -0.137. The Kier molecular flexibility index (Phi) is 7.81. The number of imide groups is 1. The van der Waals surface area contributed by atoms with Crippen LogP contribution in [0.5, 0.6) is 0 Å². The number of alkyl halides is 3. The van der Waals surface area contributed by atoms with Gasteiger partial charge in [0.15, 0.2) is 0 Å². The van der Waals surface area contributed by atoms with E-state index in [4.69, 9.17) is 0 Å². The van der Waals surface area contributed by atoms with Crippen LogP contribution in [0.4, 0.5) is 28.0 Å². The predicted molar refractivity (Wildman–Crippen MR) is 111 cm³/mol. The third-order valence-electron chi connectivity index (χ3n) is 5.11. The summed E-state index contributed by atoms with van der Waals surface area (Å²) in [5.41, 5.74) is 0.0915. The van der Waals surface area contributed by atoms with E-state index in [1.54, 1.807) is 6.07 Å². The number of nitrogens with zero attached hydrogens (tertiary/aromatic N) is 2. The molecule has 2 aromatic rings. The fourth-order valence-electron chi connectivity index (χ4n) is 3.48. The molecule has 0 aliphatic carbocycles. The lowest BCUT2D eigenvalue weighted by Crippen LogP contribution is -2.43. The lowest BCUT2D eigenvalue weighted by atomic mass is 10.1. The number of halogens is 4. The number of rotatable bonds is 5. The largest absolute Gasteiger partial charge is 0.416 e. The molecule has 0 bridgehead atoms. The highest BCUT2D eigenvalue weighted by atomic mass is 19.4. The van der Waals surface area contributed by atoms with Gasteiger partial charge in [0.25, 0.3) is 0 Å². The molecule has 6 nitrogen and oxygen atoms in total. The highest BCUT2D eigenvalue weighted by molar-refractivity contribution is 6.01. The molecule has 32 heavy (non-hydrogen) atoms. The standard InChI is InChI=1S/C22H24F4N4O2/c23-18-4-1-2-5-19(18)27-21(32)28-20(31)15-30-11-3-10-29(12-13-30)14-16-6-8-17(9-7-16)22(24,25)26/h1-2,4-9H,3,10-15H2,(H2,27,28,31,32). The second-order valence-electron chi connectivity index (χ2n) is 7.58. The van der Waals surface area contributed by atoms with Crippen LogP contribution in [0.2, 0.25) is 0 Å². The molecule has 0 radical (unpaired) electrons. The van der Waals surface area contributed by atoms with Crippen molar-refractivity contribution in [2.24, 2.45) is 0 Å². The first-order chi connectivity index (χ1) is 15.2. The number of hydrogen-bond donors (Lipinski definition) is 2. The first-order valence-corrected chi connectivity index (χ1v) is 10.2. The van der Waals surface area contributed by atoms with E-state index in [1.165, 1.54) is 30.3 Å². The summed E-state index contributed by atoms with van der Waals surface area (Å²) in [4.78, 5) is 28.1. The van der Waals surface area contributed by atoms with E-state index in [0.717, 1.165) is 30.7 Å². The molecule has 1 saturated heterocycles. The third-order valence-corrected chi connectivity index (χ3v) is 5.11. The van der Waals surface area contributed by atoms with Crippen LogP contribution in [0.3, 0.4) is 0 Å². The number of urea groups is 1. The molecule has 3 rings (SSSR count). The van der Waals surface area contributed by atoms with Gasteiger partial charge in [-0.3, -0.25) is 19.9 Å². The van der Waals surface area contributed by atoms with Gasteiger partial charge in [-0.15, -0.1) is 0 Å². The normalized spacial score (nSPS) is 15.8. The SMILES string of the molecule is O=C(CN1CCCN(Cc2ccc(C(F)(F)F)cc2)CC1)NC(=O)Nc1ccccc1F. The van der Waals surface area contributed by atoms with Gasteiger partial charge >= 0.3 is 12.2 Å². The van der Waals surface area contributed by atoms with Crippen molar-refractivity contribution in [2.75, 3.05) is 38.0 Å². The quantitative estimate of drug-likeness (QED) is 0.680. The summed E-state index contributed by atoms with van der Waals surface area (Å²) in [6.07, 6.45) is -3.58. The number of para-hydroxylation sites is 1. The van der Waals surface area contributed by atoms with Crippen molar-refractivity contribution in [3.05, 3.63) is 65.5 Å². The summed E-state index contributed by atoms with van der Waals surface area (Å²) in [6, 6.07) is 9.95. The van der Waals surface area contributed by atoms with Crippen molar-refractivity contribution >= 4 is 17.6 Å². The Morgan fingerprint density at radius 3 is 2.25 bits per heavy atom. The zero-order valence-electron chi connectivity index (χ0n) is 17.3. The van der Waals surface area contributed by atoms with Crippen molar-refractivity contribution in [1.29, 1.82) is 0 Å². The Labute approximate surface area is 183 Å². The molecule has 0 saturated carbocycles. The Hall–Kier alpha value is -2.98. The number of carbonyl (C=O) groups excluding carboxylic acids is 2. The first kappa shape index (κ1) is 23.7. The summed E-state index contributed by atoms with van der Waals surface area (Å²) in [5.74, 6) is -1.11. The molecule has 1 fully saturated rings. The maximum absolute atomic E-state index is 13.6. The Morgan fingerprint density at radius 1 is 0.906 bits per heavy atom. The van der Waals surface area contributed by atoms with Crippen LogP contribution in [0.25, 0.3) is 0 Å². The average Bonchev–Trinajstić information content (AvgIpc) is 2.94. The minimum Gasteiger partial charge on any atom is -0.305 e. The van der Waals surface area contributed by atoms with Gasteiger partial charge < -0.3 is 5.32 Å². The monoisotopic (exact) mass is 452 g/mol. The average molecular weight is 452 g/mol. The Balaban J connectivity index is 1.44. The third kappa shape index (κ3) is 7.03. The number of anilines is 1. The van der Waals surface area contributed by atoms with Gasteiger partial charge in [-0.25, -0.2) is 9.18 Å². The van der Waals surface area contributed by atoms with Crippen molar-refractivity contribution in [3.8, 4) is 0 Å².